The van der Waals surface area contributed by atoms with Crippen molar-refractivity contribution < 1.29 is 17.9 Å². The van der Waals surface area contributed by atoms with E-state index in [1.807, 2.05) is 62.4 Å². The number of rotatable bonds is 9. The monoisotopic (exact) mass is 438 g/mol. The van der Waals surface area contributed by atoms with Gasteiger partial charge in [-0.25, -0.2) is 13.1 Å². The molecule has 3 aromatic carbocycles. The fraction of sp³-hybridized carbons (Fsp3) is 0.208. The SMILES string of the molecule is Cc1ccc(NC(=O)COc2ccc(S(=O)(=O)NCCc3ccccc3)cc2)c(C)c1. The largest absolute Gasteiger partial charge is 0.484 e. The summed E-state index contributed by atoms with van der Waals surface area (Å²) in [5, 5.41) is 2.81. The van der Waals surface area contributed by atoms with Gasteiger partial charge in [-0.15, -0.1) is 0 Å². The number of sulfonamides is 1. The molecule has 2 N–H and O–H groups in total. The van der Waals surface area contributed by atoms with Crippen molar-refractivity contribution in [3.63, 3.8) is 0 Å². The predicted molar refractivity (Wildman–Crippen MR) is 122 cm³/mol. The van der Waals surface area contributed by atoms with Crippen LogP contribution < -0.4 is 14.8 Å². The van der Waals surface area contributed by atoms with Crippen molar-refractivity contribution in [2.24, 2.45) is 0 Å². The molecule has 31 heavy (non-hydrogen) atoms. The van der Waals surface area contributed by atoms with E-state index in [0.29, 0.717) is 18.7 Å². The minimum absolute atomic E-state index is 0.146. The van der Waals surface area contributed by atoms with Crippen LogP contribution >= 0.6 is 0 Å². The Labute approximate surface area is 183 Å². The van der Waals surface area contributed by atoms with Crippen molar-refractivity contribution >= 4 is 21.6 Å². The number of benzene rings is 3. The maximum absolute atomic E-state index is 12.4. The molecule has 0 aliphatic carbocycles. The lowest BCUT2D eigenvalue weighted by atomic mass is 10.1. The fourth-order valence-electron chi connectivity index (χ4n) is 3.06. The van der Waals surface area contributed by atoms with Gasteiger partial charge in [0.2, 0.25) is 10.0 Å². The number of carbonyl (C=O) groups excluding carboxylic acids is 1. The van der Waals surface area contributed by atoms with E-state index in [1.165, 1.54) is 24.3 Å². The van der Waals surface area contributed by atoms with Crippen molar-refractivity contribution in [2.45, 2.75) is 25.2 Å². The first-order chi connectivity index (χ1) is 14.8. The van der Waals surface area contributed by atoms with Crippen LogP contribution in [0, 0.1) is 13.8 Å². The summed E-state index contributed by atoms with van der Waals surface area (Å²) in [6, 6.07) is 21.4. The average molecular weight is 439 g/mol. The smallest absolute Gasteiger partial charge is 0.262 e. The normalized spacial score (nSPS) is 11.2. The van der Waals surface area contributed by atoms with Crippen LogP contribution in [0.4, 0.5) is 5.69 Å². The van der Waals surface area contributed by atoms with Gasteiger partial charge in [-0.2, -0.15) is 0 Å². The number of hydrogen-bond donors (Lipinski definition) is 2. The molecule has 162 valence electrons. The fourth-order valence-corrected chi connectivity index (χ4v) is 4.09. The number of ether oxygens (including phenoxy) is 1. The Morgan fingerprint density at radius 1 is 0.935 bits per heavy atom. The maximum Gasteiger partial charge on any atom is 0.262 e. The summed E-state index contributed by atoms with van der Waals surface area (Å²) in [5.74, 6) is 0.130. The van der Waals surface area contributed by atoms with Gasteiger partial charge < -0.3 is 10.1 Å². The van der Waals surface area contributed by atoms with E-state index in [4.69, 9.17) is 4.74 Å². The molecule has 3 rings (SSSR count). The van der Waals surface area contributed by atoms with Crippen molar-refractivity contribution in [1.29, 1.82) is 0 Å². The molecule has 0 aromatic heterocycles. The Kier molecular flexibility index (Phi) is 7.44. The standard InChI is InChI=1S/C24H26N2O4S/c1-18-8-13-23(19(2)16-18)26-24(27)17-30-21-9-11-22(12-10-21)31(28,29)25-15-14-20-6-4-3-5-7-20/h3-13,16,25H,14-15,17H2,1-2H3,(H,26,27). The molecule has 0 heterocycles. The Bertz CT molecular complexity index is 1130. The molecule has 0 bridgehead atoms. The highest BCUT2D eigenvalue weighted by Crippen LogP contribution is 2.18. The highest BCUT2D eigenvalue weighted by atomic mass is 32.2. The second kappa shape index (κ2) is 10.2. The second-order valence-corrected chi connectivity index (χ2v) is 9.03. The minimum Gasteiger partial charge on any atom is -0.484 e. The first-order valence-electron chi connectivity index (χ1n) is 9.97. The van der Waals surface area contributed by atoms with Crippen LogP contribution in [0.3, 0.4) is 0 Å². The van der Waals surface area contributed by atoms with E-state index >= 15 is 0 Å². The van der Waals surface area contributed by atoms with E-state index in [1.54, 1.807) is 0 Å². The van der Waals surface area contributed by atoms with Crippen molar-refractivity contribution in [2.75, 3.05) is 18.5 Å². The predicted octanol–water partition coefficient (Wildman–Crippen LogP) is 3.84. The summed E-state index contributed by atoms with van der Waals surface area (Å²) in [7, 11) is -3.61. The molecule has 0 saturated carbocycles. The van der Waals surface area contributed by atoms with Crippen LogP contribution in [0.15, 0.2) is 77.7 Å². The summed E-state index contributed by atoms with van der Waals surface area (Å²) >= 11 is 0. The Hall–Kier alpha value is -3.16. The average Bonchev–Trinajstić information content (AvgIpc) is 2.75. The van der Waals surface area contributed by atoms with Gasteiger partial charge in [0.15, 0.2) is 6.61 Å². The summed E-state index contributed by atoms with van der Waals surface area (Å²) in [6.07, 6.45) is 0.608. The molecule has 0 fully saturated rings. The Morgan fingerprint density at radius 3 is 2.32 bits per heavy atom. The maximum atomic E-state index is 12.4. The number of aryl methyl sites for hydroxylation is 2. The lowest BCUT2D eigenvalue weighted by molar-refractivity contribution is -0.118. The number of nitrogens with one attached hydrogen (secondary N) is 2. The molecule has 3 aromatic rings. The quantitative estimate of drug-likeness (QED) is 0.532. The molecule has 7 heteroatoms. The van der Waals surface area contributed by atoms with E-state index in [-0.39, 0.29) is 17.4 Å². The van der Waals surface area contributed by atoms with Crippen molar-refractivity contribution in [3.05, 3.63) is 89.5 Å². The molecule has 0 saturated heterocycles. The van der Waals surface area contributed by atoms with E-state index in [9.17, 15) is 13.2 Å². The minimum atomic E-state index is -3.61. The molecular weight excluding hydrogens is 412 g/mol. The lowest BCUT2D eigenvalue weighted by Gasteiger charge is -2.11. The highest BCUT2D eigenvalue weighted by Gasteiger charge is 2.14. The summed E-state index contributed by atoms with van der Waals surface area (Å²) in [6.45, 7) is 4.05. The van der Waals surface area contributed by atoms with Crippen LogP contribution in [0.25, 0.3) is 0 Å². The van der Waals surface area contributed by atoms with Crippen LogP contribution in [0.1, 0.15) is 16.7 Å². The van der Waals surface area contributed by atoms with Crippen molar-refractivity contribution in [3.8, 4) is 5.75 Å². The van der Waals surface area contributed by atoms with E-state index in [0.717, 1.165) is 22.4 Å². The Balaban J connectivity index is 1.50. The third-order valence-corrected chi connectivity index (χ3v) is 6.19. The van der Waals surface area contributed by atoms with Gasteiger partial charge in [-0.1, -0.05) is 48.0 Å². The molecule has 1 amide bonds. The second-order valence-electron chi connectivity index (χ2n) is 7.26. The highest BCUT2D eigenvalue weighted by molar-refractivity contribution is 7.89. The van der Waals surface area contributed by atoms with Crippen LogP contribution in [-0.2, 0) is 21.2 Å². The number of anilines is 1. The van der Waals surface area contributed by atoms with Gasteiger partial charge in [-0.3, -0.25) is 4.79 Å². The zero-order chi connectivity index (χ0) is 22.3. The zero-order valence-electron chi connectivity index (χ0n) is 17.6. The molecule has 0 atom stereocenters. The molecule has 0 spiro atoms. The van der Waals surface area contributed by atoms with Gasteiger partial charge in [0.1, 0.15) is 5.75 Å². The third-order valence-electron chi connectivity index (χ3n) is 4.71. The number of carbonyl (C=O) groups is 1. The lowest BCUT2D eigenvalue weighted by Crippen LogP contribution is -2.26. The zero-order valence-corrected chi connectivity index (χ0v) is 18.4. The molecule has 0 radical (unpaired) electrons. The molecule has 0 aliphatic heterocycles. The van der Waals surface area contributed by atoms with Crippen LogP contribution in [0.5, 0.6) is 5.75 Å². The van der Waals surface area contributed by atoms with Gasteiger partial charge in [-0.05, 0) is 61.7 Å². The van der Waals surface area contributed by atoms with Gasteiger partial charge in [0.25, 0.3) is 5.91 Å². The molecule has 0 unspecified atom stereocenters. The van der Waals surface area contributed by atoms with Crippen LogP contribution in [-0.4, -0.2) is 27.5 Å². The summed E-state index contributed by atoms with van der Waals surface area (Å²) in [5.41, 5.74) is 3.90. The number of hydrogen-bond acceptors (Lipinski definition) is 4. The van der Waals surface area contributed by atoms with Crippen molar-refractivity contribution in [1.82, 2.24) is 4.72 Å². The molecular formula is C24H26N2O4S. The van der Waals surface area contributed by atoms with Crippen LogP contribution in [0.2, 0.25) is 0 Å². The summed E-state index contributed by atoms with van der Waals surface area (Å²) in [4.78, 5) is 12.3. The van der Waals surface area contributed by atoms with Gasteiger partial charge in [0.05, 0.1) is 4.90 Å². The van der Waals surface area contributed by atoms with Gasteiger partial charge >= 0.3 is 0 Å². The Morgan fingerprint density at radius 2 is 1.65 bits per heavy atom. The summed E-state index contributed by atoms with van der Waals surface area (Å²) < 4.78 is 33.0. The molecule has 0 aliphatic rings. The number of amides is 1. The van der Waals surface area contributed by atoms with Gasteiger partial charge in [0, 0.05) is 12.2 Å². The third kappa shape index (κ3) is 6.67. The molecule has 6 nitrogen and oxygen atoms in total. The topological polar surface area (TPSA) is 84.5 Å². The first kappa shape index (κ1) is 22.5. The van der Waals surface area contributed by atoms with E-state index in [2.05, 4.69) is 10.0 Å². The first-order valence-corrected chi connectivity index (χ1v) is 11.5. The van der Waals surface area contributed by atoms with E-state index < -0.39 is 10.0 Å².